The Morgan fingerprint density at radius 2 is 1.85 bits per heavy atom. The average Bonchev–Trinajstić information content (AvgIpc) is 2.38. The maximum absolute atomic E-state index is 12.9. The smallest absolute Gasteiger partial charge is 0.325 e. The second-order valence-corrected chi connectivity index (χ2v) is 4.04. The Bertz CT molecular complexity index is 447. The van der Waals surface area contributed by atoms with Gasteiger partial charge in [-0.15, -0.1) is 0 Å². The molecule has 0 saturated heterocycles. The molecule has 6 heteroatoms. The third-order valence-corrected chi connectivity index (χ3v) is 2.48. The maximum atomic E-state index is 12.9. The second-order valence-electron chi connectivity index (χ2n) is 4.04. The lowest BCUT2D eigenvalue weighted by Crippen LogP contribution is -2.34. The van der Waals surface area contributed by atoms with E-state index >= 15 is 0 Å². The molecule has 5 nitrogen and oxygen atoms in total. The zero-order chi connectivity index (χ0) is 15.0. The molecular weight excluding hydrogens is 265 g/mol. The van der Waals surface area contributed by atoms with E-state index in [1.54, 1.807) is 24.0 Å². The van der Waals surface area contributed by atoms with E-state index in [-0.39, 0.29) is 30.9 Å². The molecular formula is C14H18FNO4. The highest BCUT2D eigenvalue weighted by Crippen LogP contribution is 2.14. The molecule has 1 aromatic rings. The number of nitrogens with zero attached hydrogens (tertiary/aromatic N) is 1. The predicted molar refractivity (Wildman–Crippen MR) is 71.9 cm³/mol. The molecule has 0 aliphatic rings. The van der Waals surface area contributed by atoms with Crippen molar-refractivity contribution in [3.05, 3.63) is 30.1 Å². The number of hydrogen-bond acceptors (Lipinski definition) is 5. The Morgan fingerprint density at radius 1 is 1.20 bits per heavy atom. The zero-order valence-electron chi connectivity index (χ0n) is 11.6. The molecule has 0 bridgehead atoms. The highest BCUT2D eigenvalue weighted by Gasteiger charge is 2.13. The number of esters is 2. The zero-order valence-corrected chi connectivity index (χ0v) is 11.6. The second kappa shape index (κ2) is 8.14. The summed E-state index contributed by atoms with van der Waals surface area (Å²) in [5, 5.41) is 0. The molecule has 0 atom stereocenters. The van der Waals surface area contributed by atoms with Crippen molar-refractivity contribution in [3.8, 4) is 0 Å². The summed E-state index contributed by atoms with van der Waals surface area (Å²) in [6.45, 7) is 3.81. The van der Waals surface area contributed by atoms with Gasteiger partial charge >= 0.3 is 11.9 Å². The summed E-state index contributed by atoms with van der Waals surface area (Å²) in [7, 11) is 0. The number of benzene rings is 1. The minimum atomic E-state index is -0.389. The molecule has 0 radical (unpaired) electrons. The molecule has 0 aliphatic carbocycles. The van der Waals surface area contributed by atoms with Gasteiger partial charge in [0.1, 0.15) is 19.0 Å². The van der Waals surface area contributed by atoms with Gasteiger partial charge in [0.2, 0.25) is 0 Å². The van der Waals surface area contributed by atoms with Crippen LogP contribution in [0.4, 0.5) is 10.1 Å². The highest BCUT2D eigenvalue weighted by molar-refractivity contribution is 5.75. The van der Waals surface area contributed by atoms with Gasteiger partial charge in [-0.3, -0.25) is 9.59 Å². The highest BCUT2D eigenvalue weighted by atomic mass is 19.1. The maximum Gasteiger partial charge on any atom is 0.325 e. The van der Waals surface area contributed by atoms with Crippen molar-refractivity contribution in [2.24, 2.45) is 0 Å². The van der Waals surface area contributed by atoms with Gasteiger partial charge in [0.25, 0.3) is 0 Å². The van der Waals surface area contributed by atoms with Gasteiger partial charge in [-0.05, 0) is 31.2 Å². The molecule has 1 aromatic carbocycles. The van der Waals surface area contributed by atoms with Gasteiger partial charge in [0, 0.05) is 12.6 Å². The van der Waals surface area contributed by atoms with E-state index in [1.165, 1.54) is 19.1 Å². The number of carbonyl (C=O) groups is 2. The molecule has 0 amide bonds. The van der Waals surface area contributed by atoms with Crippen LogP contribution in [0.1, 0.15) is 13.8 Å². The van der Waals surface area contributed by atoms with E-state index in [0.29, 0.717) is 18.8 Å². The van der Waals surface area contributed by atoms with Crippen LogP contribution < -0.4 is 4.90 Å². The minimum Gasteiger partial charge on any atom is -0.465 e. The third kappa shape index (κ3) is 5.69. The van der Waals surface area contributed by atoms with E-state index in [4.69, 9.17) is 9.47 Å². The van der Waals surface area contributed by atoms with Crippen LogP contribution in [0.5, 0.6) is 0 Å². The lowest BCUT2D eigenvalue weighted by Gasteiger charge is -2.23. The van der Waals surface area contributed by atoms with Crippen molar-refractivity contribution in [1.29, 1.82) is 0 Å². The summed E-state index contributed by atoms with van der Waals surface area (Å²) < 4.78 is 22.6. The predicted octanol–water partition coefficient (Wildman–Crippen LogP) is 1.76. The lowest BCUT2D eigenvalue weighted by molar-refractivity contribution is -0.141. The Hall–Kier alpha value is -2.11. The SMILES string of the molecule is CCOC(=O)CN(CCOC(C)=O)c1ccc(F)cc1. The quantitative estimate of drug-likeness (QED) is 0.714. The van der Waals surface area contributed by atoms with E-state index in [1.807, 2.05) is 0 Å². The standard InChI is InChI=1S/C14H18FNO4/c1-3-19-14(18)10-16(8-9-20-11(2)17)13-6-4-12(15)5-7-13/h4-7H,3,8-10H2,1-2H3. The van der Waals surface area contributed by atoms with Crippen LogP contribution in [-0.4, -0.2) is 38.2 Å². The van der Waals surface area contributed by atoms with E-state index < -0.39 is 0 Å². The first-order valence-electron chi connectivity index (χ1n) is 6.32. The summed E-state index contributed by atoms with van der Waals surface area (Å²) >= 11 is 0. The normalized spacial score (nSPS) is 9.95. The molecule has 0 aromatic heterocycles. The van der Waals surface area contributed by atoms with Crippen LogP contribution in [0, 0.1) is 5.82 Å². The van der Waals surface area contributed by atoms with E-state index in [9.17, 15) is 14.0 Å². The van der Waals surface area contributed by atoms with Crippen molar-refractivity contribution in [2.75, 3.05) is 31.2 Å². The Kier molecular flexibility index (Phi) is 6.49. The Balaban J connectivity index is 2.69. The molecule has 0 N–H and O–H groups in total. The Morgan fingerprint density at radius 3 is 2.40 bits per heavy atom. The van der Waals surface area contributed by atoms with Crippen molar-refractivity contribution in [2.45, 2.75) is 13.8 Å². The third-order valence-electron chi connectivity index (χ3n) is 2.48. The van der Waals surface area contributed by atoms with Crippen molar-refractivity contribution in [3.63, 3.8) is 0 Å². The summed E-state index contributed by atoms with van der Waals surface area (Å²) in [5.41, 5.74) is 0.659. The first-order chi connectivity index (χ1) is 9.52. The topological polar surface area (TPSA) is 55.8 Å². The van der Waals surface area contributed by atoms with Crippen LogP contribution in [0.3, 0.4) is 0 Å². The Labute approximate surface area is 117 Å². The average molecular weight is 283 g/mol. The number of ether oxygens (including phenoxy) is 2. The van der Waals surface area contributed by atoms with Gasteiger partial charge < -0.3 is 14.4 Å². The molecule has 0 spiro atoms. The largest absolute Gasteiger partial charge is 0.465 e. The number of carbonyl (C=O) groups excluding carboxylic acids is 2. The van der Waals surface area contributed by atoms with Crippen LogP contribution in [0.15, 0.2) is 24.3 Å². The molecule has 1 rings (SSSR count). The van der Waals surface area contributed by atoms with E-state index in [0.717, 1.165) is 0 Å². The minimum absolute atomic E-state index is 0.0146. The first-order valence-corrected chi connectivity index (χ1v) is 6.32. The number of rotatable bonds is 7. The van der Waals surface area contributed by atoms with Gasteiger partial charge in [0.05, 0.1) is 13.2 Å². The van der Waals surface area contributed by atoms with Crippen molar-refractivity contribution in [1.82, 2.24) is 0 Å². The summed E-state index contributed by atoms with van der Waals surface area (Å²) in [6.07, 6.45) is 0. The van der Waals surface area contributed by atoms with Crippen LogP contribution in [0.2, 0.25) is 0 Å². The number of hydrogen-bond donors (Lipinski definition) is 0. The van der Waals surface area contributed by atoms with Crippen LogP contribution in [0.25, 0.3) is 0 Å². The molecule has 0 aliphatic heterocycles. The van der Waals surface area contributed by atoms with Gasteiger partial charge in [-0.2, -0.15) is 0 Å². The molecule has 0 heterocycles. The monoisotopic (exact) mass is 283 g/mol. The molecule has 0 saturated carbocycles. The summed E-state index contributed by atoms with van der Waals surface area (Å²) in [6, 6.07) is 5.73. The van der Waals surface area contributed by atoms with E-state index in [2.05, 4.69) is 0 Å². The molecule has 110 valence electrons. The summed E-state index contributed by atoms with van der Waals surface area (Å²) in [4.78, 5) is 24.0. The van der Waals surface area contributed by atoms with Gasteiger partial charge in [-0.1, -0.05) is 0 Å². The van der Waals surface area contributed by atoms with Gasteiger partial charge in [-0.25, -0.2) is 4.39 Å². The van der Waals surface area contributed by atoms with Crippen molar-refractivity contribution < 1.29 is 23.5 Å². The van der Waals surface area contributed by atoms with Crippen LogP contribution in [-0.2, 0) is 19.1 Å². The molecule has 20 heavy (non-hydrogen) atoms. The van der Waals surface area contributed by atoms with Gasteiger partial charge in [0.15, 0.2) is 0 Å². The number of anilines is 1. The fourth-order valence-corrected chi connectivity index (χ4v) is 1.61. The molecule has 0 unspecified atom stereocenters. The van der Waals surface area contributed by atoms with Crippen LogP contribution >= 0.6 is 0 Å². The fraction of sp³-hybridized carbons (Fsp3) is 0.429. The number of halogens is 1. The lowest BCUT2D eigenvalue weighted by atomic mass is 10.2. The summed E-state index contributed by atoms with van der Waals surface area (Å²) in [5.74, 6) is -1.13. The fourth-order valence-electron chi connectivity index (χ4n) is 1.61. The first kappa shape index (κ1) is 15.9. The van der Waals surface area contributed by atoms with Crippen molar-refractivity contribution >= 4 is 17.6 Å². The molecule has 0 fully saturated rings.